The second-order valence-corrected chi connectivity index (χ2v) is 11.5. The lowest BCUT2D eigenvalue weighted by atomic mass is 10.0. The molecule has 9 nitrogen and oxygen atoms in total. The van der Waals surface area contributed by atoms with E-state index in [1.807, 2.05) is 24.3 Å². The van der Waals surface area contributed by atoms with Gasteiger partial charge in [0.1, 0.15) is 12.3 Å². The van der Waals surface area contributed by atoms with E-state index in [2.05, 4.69) is 4.99 Å². The van der Waals surface area contributed by atoms with Crippen LogP contribution in [-0.4, -0.2) is 45.6 Å². The number of methoxy groups -OCH3 is 2. The monoisotopic (exact) mass is 551 g/mol. The molecule has 196 valence electrons. The average molecular weight is 552 g/mol. The van der Waals surface area contributed by atoms with Gasteiger partial charge in [-0.15, -0.1) is 0 Å². The molecule has 1 aliphatic heterocycles. The van der Waals surface area contributed by atoms with Crippen molar-refractivity contribution in [2.24, 2.45) is 4.99 Å². The highest BCUT2D eigenvalue weighted by atomic mass is 32.2. The summed E-state index contributed by atoms with van der Waals surface area (Å²) in [5.74, 6) is -0.410. The molecular formula is C27H25N3O6S2. The van der Waals surface area contributed by atoms with Crippen molar-refractivity contribution >= 4 is 49.1 Å². The van der Waals surface area contributed by atoms with E-state index in [0.717, 1.165) is 23.1 Å². The molecule has 1 amide bonds. The second-order valence-electron chi connectivity index (χ2n) is 8.63. The van der Waals surface area contributed by atoms with Gasteiger partial charge in [-0.2, -0.15) is 4.99 Å². The first-order valence-corrected chi connectivity index (χ1v) is 14.1. The standard InChI is InChI=1S/C27H25N3O6S2/c1-35-20-11-14-23-24(16-20)37-27(29(23)17-25(31)36-2)28-26(32)19-9-12-21(13-10-19)38(33,34)30-15-5-7-18-6-3-4-8-22(18)30/h3-4,6,8-14,16H,5,7,15,17H2,1-2H3. The third-order valence-electron chi connectivity index (χ3n) is 6.36. The molecular weight excluding hydrogens is 526 g/mol. The van der Waals surface area contributed by atoms with Crippen LogP contribution in [0.15, 0.2) is 76.6 Å². The van der Waals surface area contributed by atoms with Gasteiger partial charge in [0.05, 0.1) is 35.0 Å². The third-order valence-corrected chi connectivity index (χ3v) is 9.23. The van der Waals surface area contributed by atoms with E-state index in [-0.39, 0.29) is 17.0 Å². The van der Waals surface area contributed by atoms with Crippen molar-refractivity contribution in [3.8, 4) is 5.75 Å². The molecule has 0 bridgehead atoms. The maximum absolute atomic E-state index is 13.4. The quantitative estimate of drug-likeness (QED) is 0.338. The first-order valence-electron chi connectivity index (χ1n) is 11.9. The van der Waals surface area contributed by atoms with E-state index < -0.39 is 21.9 Å². The number of aryl methyl sites for hydroxylation is 1. The molecule has 0 spiro atoms. The summed E-state index contributed by atoms with van der Waals surface area (Å²) in [4.78, 5) is 29.8. The zero-order valence-electron chi connectivity index (χ0n) is 20.8. The molecule has 0 atom stereocenters. The largest absolute Gasteiger partial charge is 0.497 e. The molecule has 0 aliphatic carbocycles. The molecule has 5 rings (SSSR count). The molecule has 0 saturated heterocycles. The Morgan fingerprint density at radius 2 is 1.79 bits per heavy atom. The van der Waals surface area contributed by atoms with Gasteiger partial charge in [-0.3, -0.25) is 13.9 Å². The lowest BCUT2D eigenvalue weighted by Crippen LogP contribution is -2.35. The fourth-order valence-corrected chi connectivity index (χ4v) is 7.01. The highest BCUT2D eigenvalue weighted by Gasteiger charge is 2.29. The number of thiazole rings is 1. The molecule has 0 fully saturated rings. The van der Waals surface area contributed by atoms with Crippen LogP contribution in [-0.2, 0) is 32.5 Å². The summed E-state index contributed by atoms with van der Waals surface area (Å²) in [6.07, 6.45) is 1.57. The highest BCUT2D eigenvalue weighted by Crippen LogP contribution is 2.32. The summed E-state index contributed by atoms with van der Waals surface area (Å²) in [7, 11) is -0.950. The number of benzene rings is 3. The first kappa shape index (κ1) is 25.7. The number of hydrogen-bond donors (Lipinski definition) is 0. The van der Waals surface area contributed by atoms with Gasteiger partial charge in [0.15, 0.2) is 4.80 Å². The van der Waals surface area contributed by atoms with Crippen molar-refractivity contribution in [3.05, 3.63) is 82.7 Å². The Hall–Kier alpha value is -3.96. The van der Waals surface area contributed by atoms with E-state index >= 15 is 0 Å². The minimum atomic E-state index is -3.80. The van der Waals surface area contributed by atoms with Crippen LogP contribution >= 0.6 is 11.3 Å². The minimum Gasteiger partial charge on any atom is -0.497 e. The van der Waals surface area contributed by atoms with Crippen LogP contribution in [0.2, 0.25) is 0 Å². The number of esters is 1. The number of para-hydroxylation sites is 1. The van der Waals surface area contributed by atoms with Crippen LogP contribution < -0.4 is 13.8 Å². The molecule has 11 heteroatoms. The summed E-state index contributed by atoms with van der Waals surface area (Å²) in [5, 5.41) is 0. The maximum atomic E-state index is 13.4. The van der Waals surface area contributed by atoms with Crippen LogP contribution in [0.5, 0.6) is 5.75 Å². The number of ether oxygens (including phenoxy) is 2. The number of amides is 1. The maximum Gasteiger partial charge on any atom is 0.325 e. The van der Waals surface area contributed by atoms with Gasteiger partial charge in [-0.1, -0.05) is 29.5 Å². The number of carbonyl (C=O) groups is 2. The summed E-state index contributed by atoms with van der Waals surface area (Å²) < 4.78 is 40.7. The molecule has 0 N–H and O–H groups in total. The van der Waals surface area contributed by atoms with Gasteiger partial charge in [0, 0.05) is 12.1 Å². The zero-order valence-corrected chi connectivity index (χ0v) is 22.4. The molecule has 0 radical (unpaired) electrons. The summed E-state index contributed by atoms with van der Waals surface area (Å²) in [6.45, 7) is 0.274. The lowest BCUT2D eigenvalue weighted by molar-refractivity contribution is -0.141. The van der Waals surface area contributed by atoms with Gasteiger partial charge in [0.25, 0.3) is 15.9 Å². The second kappa shape index (κ2) is 10.4. The summed E-state index contributed by atoms with van der Waals surface area (Å²) in [5.41, 5.74) is 2.61. The molecule has 0 saturated carbocycles. The van der Waals surface area contributed by atoms with E-state index in [9.17, 15) is 18.0 Å². The Bertz CT molecular complexity index is 1700. The fraction of sp³-hybridized carbons (Fsp3) is 0.222. The minimum absolute atomic E-state index is 0.0977. The fourth-order valence-electron chi connectivity index (χ4n) is 4.41. The molecule has 2 heterocycles. The molecule has 4 aromatic rings. The summed E-state index contributed by atoms with van der Waals surface area (Å²) >= 11 is 1.23. The average Bonchev–Trinajstić information content (AvgIpc) is 3.27. The van der Waals surface area contributed by atoms with Crippen molar-refractivity contribution < 1.29 is 27.5 Å². The van der Waals surface area contributed by atoms with Crippen LogP contribution in [0.1, 0.15) is 22.3 Å². The van der Waals surface area contributed by atoms with E-state index in [1.165, 1.54) is 47.0 Å². The van der Waals surface area contributed by atoms with E-state index in [4.69, 9.17) is 9.47 Å². The van der Waals surface area contributed by atoms with Crippen LogP contribution in [0.3, 0.4) is 0 Å². The van der Waals surface area contributed by atoms with Crippen LogP contribution in [0.25, 0.3) is 10.2 Å². The first-order chi connectivity index (χ1) is 18.3. The molecule has 1 aliphatic rings. The van der Waals surface area contributed by atoms with E-state index in [1.54, 1.807) is 29.9 Å². The Labute approximate surface area is 223 Å². The van der Waals surface area contributed by atoms with Gasteiger partial charge >= 0.3 is 5.97 Å². The van der Waals surface area contributed by atoms with Crippen molar-refractivity contribution in [2.75, 3.05) is 25.1 Å². The SMILES string of the molecule is COC(=O)Cn1c(=NC(=O)c2ccc(S(=O)(=O)N3CCCc4ccccc43)cc2)sc2cc(OC)ccc21. The van der Waals surface area contributed by atoms with Gasteiger partial charge in [0.2, 0.25) is 0 Å². The molecule has 1 aromatic heterocycles. The molecule has 3 aromatic carbocycles. The third kappa shape index (κ3) is 4.82. The normalized spacial score (nSPS) is 13.8. The Morgan fingerprint density at radius 1 is 1.03 bits per heavy atom. The molecule has 38 heavy (non-hydrogen) atoms. The number of sulfonamides is 1. The highest BCUT2D eigenvalue weighted by molar-refractivity contribution is 7.92. The lowest BCUT2D eigenvalue weighted by Gasteiger charge is -2.30. The Balaban J connectivity index is 1.47. The number of aromatic nitrogens is 1. The number of fused-ring (bicyclic) bond motifs is 2. The smallest absolute Gasteiger partial charge is 0.325 e. The van der Waals surface area contributed by atoms with Crippen molar-refractivity contribution in [1.82, 2.24) is 4.57 Å². The van der Waals surface area contributed by atoms with E-state index in [0.29, 0.717) is 28.3 Å². The van der Waals surface area contributed by atoms with Crippen molar-refractivity contribution in [3.63, 3.8) is 0 Å². The number of carbonyl (C=O) groups excluding carboxylic acids is 2. The predicted molar refractivity (Wildman–Crippen MR) is 144 cm³/mol. The van der Waals surface area contributed by atoms with Crippen LogP contribution in [0, 0.1) is 0 Å². The number of nitrogens with zero attached hydrogens (tertiary/aromatic N) is 3. The number of rotatable bonds is 6. The molecule has 0 unspecified atom stereocenters. The topological polar surface area (TPSA) is 107 Å². The number of anilines is 1. The summed E-state index contributed by atoms with van der Waals surface area (Å²) in [6, 6.07) is 18.6. The van der Waals surface area contributed by atoms with Gasteiger partial charge < -0.3 is 14.0 Å². The number of hydrogen-bond acceptors (Lipinski definition) is 7. The van der Waals surface area contributed by atoms with Crippen molar-refractivity contribution in [2.45, 2.75) is 24.3 Å². The Kier molecular flexibility index (Phi) is 7.04. The zero-order chi connectivity index (χ0) is 26.9. The van der Waals surface area contributed by atoms with Gasteiger partial charge in [-0.05, 0) is 66.9 Å². The van der Waals surface area contributed by atoms with Gasteiger partial charge in [-0.25, -0.2) is 8.42 Å². The predicted octanol–water partition coefficient (Wildman–Crippen LogP) is 3.77. The van der Waals surface area contributed by atoms with Crippen molar-refractivity contribution in [1.29, 1.82) is 0 Å². The van der Waals surface area contributed by atoms with Crippen LogP contribution in [0.4, 0.5) is 5.69 Å². The Morgan fingerprint density at radius 3 is 2.53 bits per heavy atom.